The van der Waals surface area contributed by atoms with Crippen molar-refractivity contribution in [1.29, 1.82) is 0 Å². The minimum Gasteiger partial charge on any atom is -0.508 e. The van der Waals surface area contributed by atoms with Gasteiger partial charge in [-0.2, -0.15) is 0 Å². The Labute approximate surface area is 150 Å². The third-order valence-electron chi connectivity index (χ3n) is 5.11. The highest BCUT2D eigenvalue weighted by Gasteiger charge is 2.32. The van der Waals surface area contributed by atoms with Gasteiger partial charge in [0.1, 0.15) is 5.75 Å². The number of benzene rings is 2. The first kappa shape index (κ1) is 16.4. The molecule has 5 nitrogen and oxygen atoms in total. The van der Waals surface area contributed by atoms with Crippen molar-refractivity contribution < 1.29 is 9.90 Å². The Morgan fingerprint density at radius 2 is 1.85 bits per heavy atom. The molecule has 0 bridgehead atoms. The Balaban J connectivity index is 2.11. The molecule has 1 amide bonds. The van der Waals surface area contributed by atoms with Crippen LogP contribution in [0, 0.1) is 13.8 Å². The highest BCUT2D eigenvalue weighted by atomic mass is 16.3. The second-order valence-corrected chi connectivity index (χ2v) is 7.05. The monoisotopic (exact) mass is 348 g/mol. The molecule has 1 saturated carbocycles. The highest BCUT2D eigenvalue weighted by molar-refractivity contribution is 5.96. The Kier molecular flexibility index (Phi) is 3.61. The van der Waals surface area contributed by atoms with E-state index in [2.05, 4.69) is 0 Å². The van der Waals surface area contributed by atoms with Gasteiger partial charge in [0, 0.05) is 11.8 Å². The molecule has 3 aromatic rings. The number of amides is 1. The fraction of sp³-hybridized carbons (Fsp3) is 0.238. The quantitative estimate of drug-likeness (QED) is 0.761. The summed E-state index contributed by atoms with van der Waals surface area (Å²) in [6.45, 7) is 3.86. The lowest BCUT2D eigenvalue weighted by atomic mass is 9.96. The lowest BCUT2D eigenvalue weighted by Gasteiger charge is -2.19. The molecule has 0 unspecified atom stereocenters. The van der Waals surface area contributed by atoms with E-state index in [1.165, 1.54) is 6.07 Å². The zero-order chi connectivity index (χ0) is 18.6. The molecule has 1 aliphatic carbocycles. The summed E-state index contributed by atoms with van der Waals surface area (Å²) in [4.78, 5) is 25.2. The second kappa shape index (κ2) is 5.73. The normalized spacial score (nSPS) is 13.9. The number of hydrogen-bond acceptors (Lipinski definition) is 3. The average molecular weight is 348 g/mol. The number of nitrogens with two attached hydrogens (primary N) is 1. The average Bonchev–Trinajstić information content (AvgIpc) is 3.42. The SMILES string of the molecule is Cc1ccc(C(N)=O)c(C2CC2)c1-n1cc(C)c2ccc(O)cc2c1=O. The van der Waals surface area contributed by atoms with Crippen LogP contribution in [0.25, 0.3) is 16.5 Å². The molecule has 0 spiro atoms. The van der Waals surface area contributed by atoms with Crippen molar-refractivity contribution in [3.8, 4) is 11.4 Å². The van der Waals surface area contributed by atoms with Gasteiger partial charge >= 0.3 is 0 Å². The maximum atomic E-state index is 13.2. The number of pyridine rings is 1. The molecule has 2 aromatic carbocycles. The number of carbonyl (C=O) groups is 1. The Morgan fingerprint density at radius 1 is 1.12 bits per heavy atom. The van der Waals surface area contributed by atoms with Crippen LogP contribution in [0.3, 0.4) is 0 Å². The first-order valence-corrected chi connectivity index (χ1v) is 8.67. The fourth-order valence-corrected chi connectivity index (χ4v) is 3.71. The second-order valence-electron chi connectivity index (χ2n) is 7.05. The van der Waals surface area contributed by atoms with Crippen LogP contribution in [0.4, 0.5) is 0 Å². The molecule has 26 heavy (non-hydrogen) atoms. The smallest absolute Gasteiger partial charge is 0.263 e. The summed E-state index contributed by atoms with van der Waals surface area (Å²) in [6, 6.07) is 8.40. The van der Waals surface area contributed by atoms with Gasteiger partial charge in [-0.05, 0) is 72.9 Å². The molecule has 132 valence electrons. The van der Waals surface area contributed by atoms with Crippen molar-refractivity contribution in [2.75, 3.05) is 0 Å². The molecule has 5 heteroatoms. The zero-order valence-corrected chi connectivity index (χ0v) is 14.7. The third kappa shape index (κ3) is 2.47. The van der Waals surface area contributed by atoms with E-state index in [1.54, 1.807) is 29.0 Å². The first-order chi connectivity index (χ1) is 12.4. The van der Waals surface area contributed by atoms with E-state index < -0.39 is 5.91 Å². The zero-order valence-electron chi connectivity index (χ0n) is 14.7. The van der Waals surface area contributed by atoms with Gasteiger partial charge < -0.3 is 10.8 Å². The number of hydrogen-bond donors (Lipinski definition) is 2. The predicted octanol–water partition coefficient (Wildman–Crippen LogP) is 3.29. The van der Waals surface area contributed by atoms with E-state index >= 15 is 0 Å². The Hall–Kier alpha value is -3.08. The molecule has 1 aliphatic rings. The maximum Gasteiger partial charge on any atom is 0.263 e. The van der Waals surface area contributed by atoms with E-state index in [0.29, 0.717) is 10.9 Å². The summed E-state index contributed by atoms with van der Waals surface area (Å²) in [5.41, 5.74) is 9.30. The van der Waals surface area contributed by atoms with Crippen LogP contribution in [0.2, 0.25) is 0 Å². The van der Waals surface area contributed by atoms with Crippen molar-refractivity contribution in [2.45, 2.75) is 32.6 Å². The van der Waals surface area contributed by atoms with Crippen LogP contribution < -0.4 is 11.3 Å². The molecule has 1 aromatic heterocycles. The van der Waals surface area contributed by atoms with Crippen LogP contribution in [-0.4, -0.2) is 15.6 Å². The summed E-state index contributed by atoms with van der Waals surface area (Å²) in [5.74, 6) is -0.174. The van der Waals surface area contributed by atoms with E-state index in [4.69, 9.17) is 5.73 Å². The van der Waals surface area contributed by atoms with E-state index in [9.17, 15) is 14.7 Å². The fourth-order valence-electron chi connectivity index (χ4n) is 3.71. The van der Waals surface area contributed by atoms with Crippen LogP contribution in [0.15, 0.2) is 41.3 Å². The molecule has 0 aliphatic heterocycles. The maximum absolute atomic E-state index is 13.2. The van der Waals surface area contributed by atoms with E-state index in [0.717, 1.165) is 40.6 Å². The summed E-state index contributed by atoms with van der Waals surface area (Å²) < 4.78 is 1.60. The van der Waals surface area contributed by atoms with Gasteiger partial charge in [-0.3, -0.25) is 14.2 Å². The van der Waals surface area contributed by atoms with Crippen molar-refractivity contribution in [2.24, 2.45) is 5.73 Å². The first-order valence-electron chi connectivity index (χ1n) is 8.67. The number of fused-ring (bicyclic) bond motifs is 1. The number of aromatic hydroxyl groups is 1. The van der Waals surface area contributed by atoms with Crippen LogP contribution >= 0.6 is 0 Å². The molecule has 1 heterocycles. The number of phenolic OH excluding ortho intramolecular Hbond substituents is 1. The van der Waals surface area contributed by atoms with Crippen molar-refractivity contribution in [3.63, 3.8) is 0 Å². The Bertz CT molecular complexity index is 1120. The summed E-state index contributed by atoms with van der Waals surface area (Å²) in [5, 5.41) is 11.1. The van der Waals surface area contributed by atoms with Crippen molar-refractivity contribution >= 4 is 16.7 Å². The topological polar surface area (TPSA) is 85.3 Å². The van der Waals surface area contributed by atoms with Crippen LogP contribution in [0.1, 0.15) is 45.8 Å². The molecule has 0 radical (unpaired) electrons. The standard InChI is InChI=1S/C21H20N2O3/c1-11-3-7-16(20(22)25)18(13-4-5-13)19(11)23-10-12(2)15-8-6-14(24)9-17(15)21(23)26/h3,6-10,13,24H,4-5H2,1-2H3,(H2,22,25). The van der Waals surface area contributed by atoms with Gasteiger partial charge in [-0.1, -0.05) is 12.1 Å². The molecular formula is C21H20N2O3. The van der Waals surface area contributed by atoms with Gasteiger partial charge in [0.2, 0.25) is 5.91 Å². The Morgan fingerprint density at radius 3 is 2.50 bits per heavy atom. The number of carbonyl (C=O) groups excluding carboxylic acids is 1. The minimum atomic E-state index is -0.476. The van der Waals surface area contributed by atoms with Crippen molar-refractivity contribution in [1.82, 2.24) is 4.57 Å². The van der Waals surface area contributed by atoms with E-state index in [1.807, 2.05) is 19.9 Å². The molecular weight excluding hydrogens is 328 g/mol. The lowest BCUT2D eigenvalue weighted by molar-refractivity contribution is 0.0999. The van der Waals surface area contributed by atoms with Gasteiger partial charge in [0.15, 0.2) is 0 Å². The molecule has 4 rings (SSSR count). The number of aryl methyl sites for hydroxylation is 2. The number of primary amides is 1. The summed E-state index contributed by atoms with van der Waals surface area (Å²) in [7, 11) is 0. The molecule has 1 fully saturated rings. The minimum absolute atomic E-state index is 0.0526. The van der Waals surface area contributed by atoms with Gasteiger partial charge in [0.05, 0.1) is 11.1 Å². The van der Waals surface area contributed by atoms with Gasteiger partial charge in [-0.15, -0.1) is 0 Å². The largest absolute Gasteiger partial charge is 0.508 e. The molecule has 0 atom stereocenters. The van der Waals surface area contributed by atoms with Gasteiger partial charge in [0.25, 0.3) is 5.56 Å². The lowest BCUT2D eigenvalue weighted by Crippen LogP contribution is -2.23. The number of rotatable bonds is 3. The van der Waals surface area contributed by atoms with Crippen LogP contribution in [-0.2, 0) is 0 Å². The molecule has 3 N–H and O–H groups in total. The predicted molar refractivity (Wildman–Crippen MR) is 101 cm³/mol. The number of nitrogens with zero attached hydrogens (tertiary/aromatic N) is 1. The third-order valence-corrected chi connectivity index (χ3v) is 5.11. The van der Waals surface area contributed by atoms with Crippen LogP contribution in [0.5, 0.6) is 5.75 Å². The summed E-state index contributed by atoms with van der Waals surface area (Å²) in [6.07, 6.45) is 3.78. The number of phenols is 1. The number of aromatic nitrogens is 1. The highest BCUT2D eigenvalue weighted by Crippen LogP contribution is 2.45. The van der Waals surface area contributed by atoms with Gasteiger partial charge in [-0.25, -0.2) is 0 Å². The van der Waals surface area contributed by atoms with Crippen molar-refractivity contribution in [3.05, 3.63) is 69.1 Å². The molecule has 0 saturated heterocycles. The van der Waals surface area contributed by atoms with E-state index in [-0.39, 0.29) is 17.2 Å². The summed E-state index contributed by atoms with van der Waals surface area (Å²) >= 11 is 0.